The van der Waals surface area contributed by atoms with E-state index in [9.17, 15) is 0 Å². The molecule has 0 unspecified atom stereocenters. The fourth-order valence-corrected chi connectivity index (χ4v) is 2.79. The van der Waals surface area contributed by atoms with Crippen LogP contribution in [0.5, 0.6) is 11.5 Å². The van der Waals surface area contributed by atoms with Crippen LogP contribution in [0.25, 0.3) is 0 Å². The van der Waals surface area contributed by atoms with Crippen molar-refractivity contribution in [3.8, 4) is 11.5 Å². The van der Waals surface area contributed by atoms with Crippen molar-refractivity contribution in [1.29, 1.82) is 0 Å². The molecule has 1 aromatic heterocycles. The highest BCUT2D eigenvalue weighted by atomic mass is 16.5. The molecular formula is C21H24N4O2. The average molecular weight is 364 g/mol. The van der Waals surface area contributed by atoms with E-state index >= 15 is 0 Å². The van der Waals surface area contributed by atoms with Gasteiger partial charge in [0.25, 0.3) is 0 Å². The quantitative estimate of drug-likeness (QED) is 0.644. The summed E-state index contributed by atoms with van der Waals surface area (Å²) >= 11 is 0. The Balaban J connectivity index is 1.80. The van der Waals surface area contributed by atoms with Gasteiger partial charge in [-0.15, -0.1) is 0 Å². The highest BCUT2D eigenvalue weighted by Gasteiger charge is 2.10. The zero-order valence-electron chi connectivity index (χ0n) is 15.8. The molecule has 3 rings (SSSR count). The molecule has 1 N–H and O–H groups in total. The lowest BCUT2D eigenvalue weighted by atomic mass is 10.2. The zero-order chi connectivity index (χ0) is 19.1. The molecule has 0 fully saturated rings. The Morgan fingerprint density at radius 2 is 1.78 bits per heavy atom. The maximum absolute atomic E-state index is 5.44. The molecule has 0 spiro atoms. The number of methoxy groups -OCH3 is 2. The number of ether oxygens (including phenoxy) is 2. The van der Waals surface area contributed by atoms with Crippen LogP contribution in [0.2, 0.25) is 0 Å². The van der Waals surface area contributed by atoms with Crippen LogP contribution in [0.15, 0.2) is 60.9 Å². The largest absolute Gasteiger partial charge is 0.497 e. The summed E-state index contributed by atoms with van der Waals surface area (Å²) in [5, 5.41) is 3.30. The summed E-state index contributed by atoms with van der Waals surface area (Å²) in [4.78, 5) is 11.0. The number of hydrogen-bond donors (Lipinski definition) is 1. The molecule has 6 nitrogen and oxygen atoms in total. The average Bonchev–Trinajstić information content (AvgIpc) is 2.73. The molecule has 0 radical (unpaired) electrons. The number of hydrogen-bond acceptors (Lipinski definition) is 6. The van der Waals surface area contributed by atoms with E-state index in [4.69, 9.17) is 9.47 Å². The number of rotatable bonds is 8. The van der Waals surface area contributed by atoms with E-state index in [-0.39, 0.29) is 0 Å². The summed E-state index contributed by atoms with van der Waals surface area (Å²) in [5.41, 5.74) is 2.05. The Bertz CT molecular complexity index is 871. The van der Waals surface area contributed by atoms with Crippen molar-refractivity contribution in [2.24, 2.45) is 0 Å². The van der Waals surface area contributed by atoms with E-state index in [1.807, 2.05) is 42.5 Å². The van der Waals surface area contributed by atoms with E-state index in [2.05, 4.69) is 39.2 Å². The minimum atomic E-state index is 0.686. The Hall–Kier alpha value is -3.28. The van der Waals surface area contributed by atoms with Crippen molar-refractivity contribution in [3.05, 3.63) is 66.5 Å². The van der Waals surface area contributed by atoms with Crippen molar-refractivity contribution in [1.82, 2.24) is 9.97 Å². The molecular weight excluding hydrogens is 340 g/mol. The van der Waals surface area contributed by atoms with Crippen LogP contribution in [0.1, 0.15) is 12.5 Å². The van der Waals surface area contributed by atoms with Crippen LogP contribution < -0.4 is 19.7 Å². The Kier molecular flexibility index (Phi) is 6.10. The predicted molar refractivity (Wildman–Crippen MR) is 108 cm³/mol. The monoisotopic (exact) mass is 364 g/mol. The molecule has 0 aliphatic carbocycles. The normalized spacial score (nSPS) is 10.3. The highest BCUT2D eigenvalue weighted by Crippen LogP contribution is 2.31. The van der Waals surface area contributed by atoms with Gasteiger partial charge < -0.3 is 19.7 Å². The maximum atomic E-state index is 5.44. The standard InChI is InChI=1S/C21H24N4O2/c1-4-25(14-16-8-6-5-7-9-16)21-13-20(22-15-23-21)24-18-11-10-17(26-2)12-19(18)27-3/h5-13,15H,4,14H2,1-3H3,(H,22,23,24). The molecule has 0 bridgehead atoms. The van der Waals surface area contributed by atoms with E-state index in [0.717, 1.165) is 30.3 Å². The van der Waals surface area contributed by atoms with Gasteiger partial charge in [0.1, 0.15) is 29.5 Å². The van der Waals surface area contributed by atoms with E-state index in [1.165, 1.54) is 5.56 Å². The van der Waals surface area contributed by atoms with Crippen LogP contribution in [0.4, 0.5) is 17.3 Å². The molecule has 1 heterocycles. The second-order valence-corrected chi connectivity index (χ2v) is 5.95. The van der Waals surface area contributed by atoms with E-state index in [1.54, 1.807) is 20.5 Å². The predicted octanol–water partition coefficient (Wildman–Crippen LogP) is 4.26. The molecule has 0 atom stereocenters. The molecule has 2 aromatic carbocycles. The van der Waals surface area contributed by atoms with Gasteiger partial charge in [0.2, 0.25) is 0 Å². The first kappa shape index (κ1) is 18.5. The second kappa shape index (κ2) is 8.89. The lowest BCUT2D eigenvalue weighted by molar-refractivity contribution is 0.395. The molecule has 0 saturated carbocycles. The molecule has 3 aromatic rings. The summed E-state index contributed by atoms with van der Waals surface area (Å²) in [6, 6.07) is 17.9. The van der Waals surface area contributed by atoms with Gasteiger partial charge in [0.05, 0.1) is 19.9 Å². The van der Waals surface area contributed by atoms with Gasteiger partial charge >= 0.3 is 0 Å². The number of benzene rings is 2. The third-order valence-electron chi connectivity index (χ3n) is 4.25. The maximum Gasteiger partial charge on any atom is 0.146 e. The van der Waals surface area contributed by atoms with Gasteiger partial charge in [0.15, 0.2) is 0 Å². The molecule has 0 amide bonds. The molecule has 0 aliphatic rings. The SMILES string of the molecule is CCN(Cc1ccccc1)c1cc(Nc2ccc(OC)cc2OC)ncn1. The lowest BCUT2D eigenvalue weighted by Gasteiger charge is -2.22. The van der Waals surface area contributed by atoms with E-state index in [0.29, 0.717) is 11.6 Å². The van der Waals surface area contributed by atoms with Crippen LogP contribution in [0, 0.1) is 0 Å². The number of aromatic nitrogens is 2. The van der Waals surface area contributed by atoms with E-state index < -0.39 is 0 Å². The van der Waals surface area contributed by atoms with Gasteiger partial charge in [-0.1, -0.05) is 30.3 Å². The first-order chi connectivity index (χ1) is 13.2. The van der Waals surface area contributed by atoms with Crippen LogP contribution in [-0.2, 0) is 6.54 Å². The fraction of sp³-hybridized carbons (Fsp3) is 0.238. The van der Waals surface area contributed by atoms with Gasteiger partial charge in [-0.2, -0.15) is 0 Å². The first-order valence-electron chi connectivity index (χ1n) is 8.83. The summed E-state index contributed by atoms with van der Waals surface area (Å²) in [7, 11) is 3.26. The molecule has 6 heteroatoms. The Morgan fingerprint density at radius 3 is 2.48 bits per heavy atom. The van der Waals surface area contributed by atoms with Gasteiger partial charge in [0, 0.05) is 25.2 Å². The zero-order valence-corrected chi connectivity index (χ0v) is 15.8. The first-order valence-corrected chi connectivity index (χ1v) is 8.83. The highest BCUT2D eigenvalue weighted by molar-refractivity contribution is 5.67. The van der Waals surface area contributed by atoms with Crippen molar-refractivity contribution in [3.63, 3.8) is 0 Å². The summed E-state index contributed by atoms with van der Waals surface area (Å²) < 4.78 is 10.7. The fourth-order valence-electron chi connectivity index (χ4n) is 2.79. The number of nitrogens with zero attached hydrogens (tertiary/aromatic N) is 3. The minimum absolute atomic E-state index is 0.686. The third kappa shape index (κ3) is 4.67. The number of anilines is 3. The Labute approximate surface area is 159 Å². The van der Waals surface area contributed by atoms with Gasteiger partial charge in [-0.05, 0) is 24.6 Å². The van der Waals surface area contributed by atoms with Crippen molar-refractivity contribution >= 4 is 17.3 Å². The molecule has 0 saturated heterocycles. The van der Waals surface area contributed by atoms with Crippen LogP contribution in [-0.4, -0.2) is 30.7 Å². The summed E-state index contributed by atoms with van der Waals surface area (Å²) in [6.45, 7) is 3.75. The van der Waals surface area contributed by atoms with Crippen molar-refractivity contribution < 1.29 is 9.47 Å². The topological polar surface area (TPSA) is 59.5 Å². The van der Waals surface area contributed by atoms with Crippen molar-refractivity contribution in [2.75, 3.05) is 31.0 Å². The minimum Gasteiger partial charge on any atom is -0.497 e. The molecule has 0 aliphatic heterocycles. The van der Waals surface area contributed by atoms with Crippen molar-refractivity contribution in [2.45, 2.75) is 13.5 Å². The molecule has 27 heavy (non-hydrogen) atoms. The lowest BCUT2D eigenvalue weighted by Crippen LogP contribution is -2.23. The number of nitrogens with one attached hydrogen (secondary N) is 1. The van der Waals surface area contributed by atoms with Gasteiger partial charge in [-0.25, -0.2) is 9.97 Å². The van der Waals surface area contributed by atoms with Crippen LogP contribution in [0.3, 0.4) is 0 Å². The van der Waals surface area contributed by atoms with Crippen LogP contribution >= 0.6 is 0 Å². The third-order valence-corrected chi connectivity index (χ3v) is 4.25. The smallest absolute Gasteiger partial charge is 0.146 e. The summed E-state index contributed by atoms with van der Waals surface area (Å²) in [6.07, 6.45) is 1.57. The Morgan fingerprint density at radius 1 is 0.963 bits per heavy atom. The summed E-state index contributed by atoms with van der Waals surface area (Å²) in [5.74, 6) is 2.99. The molecule has 140 valence electrons. The van der Waals surface area contributed by atoms with Gasteiger partial charge in [-0.3, -0.25) is 0 Å². The second-order valence-electron chi connectivity index (χ2n) is 5.95.